The molecule has 0 spiro atoms. The number of carbonyl (C=O) groups is 2. The van der Waals surface area contributed by atoms with E-state index in [4.69, 9.17) is 0 Å². The second-order valence-corrected chi connectivity index (χ2v) is 7.14. The third kappa shape index (κ3) is 7.36. The maximum Gasteiger partial charge on any atom is 0.326 e. The molecule has 10 nitrogen and oxygen atoms in total. The fourth-order valence-corrected chi connectivity index (χ4v) is 3.03. The van der Waals surface area contributed by atoms with Crippen LogP contribution in [0, 0.1) is 0 Å². The Morgan fingerprint density at radius 3 is 2.16 bits per heavy atom. The van der Waals surface area contributed by atoms with Crippen LogP contribution in [0.5, 0.6) is 0 Å². The molecule has 1 atom stereocenters. The molecule has 0 saturated carbocycles. The van der Waals surface area contributed by atoms with E-state index in [1.165, 1.54) is 0 Å². The van der Waals surface area contributed by atoms with E-state index in [1.807, 2.05) is 12.1 Å². The minimum Gasteiger partial charge on any atom is -0.480 e. The molecule has 1 aromatic carbocycles. The number of imidazole rings is 2. The zero-order valence-corrected chi connectivity index (χ0v) is 17.1. The molecular weight excluding hydrogens is 398 g/mol. The fourth-order valence-electron chi connectivity index (χ4n) is 3.03. The van der Waals surface area contributed by atoms with E-state index in [2.05, 4.69) is 35.9 Å². The van der Waals surface area contributed by atoms with Crippen LogP contribution in [0.4, 0.5) is 0 Å². The van der Waals surface area contributed by atoms with Gasteiger partial charge in [0.1, 0.15) is 6.04 Å². The van der Waals surface area contributed by atoms with Crippen LogP contribution in [-0.4, -0.2) is 49.5 Å². The summed E-state index contributed by atoms with van der Waals surface area (Å²) in [7, 11) is 0. The summed E-state index contributed by atoms with van der Waals surface area (Å²) >= 11 is 0. The number of carbonyl (C=O) groups excluding carboxylic acids is 1. The van der Waals surface area contributed by atoms with Crippen molar-refractivity contribution in [2.24, 2.45) is 0 Å². The van der Waals surface area contributed by atoms with Gasteiger partial charge in [-0.25, -0.2) is 14.8 Å². The smallest absolute Gasteiger partial charge is 0.326 e. The number of aromatic nitrogens is 4. The molecule has 0 aliphatic rings. The molecule has 10 heteroatoms. The summed E-state index contributed by atoms with van der Waals surface area (Å²) < 4.78 is 0. The molecule has 0 saturated heterocycles. The van der Waals surface area contributed by atoms with Crippen molar-refractivity contribution in [3.8, 4) is 0 Å². The van der Waals surface area contributed by atoms with E-state index in [0.717, 1.165) is 17.0 Å². The minimum atomic E-state index is -1.04. The highest BCUT2D eigenvalue weighted by Gasteiger charge is 2.20. The summed E-state index contributed by atoms with van der Waals surface area (Å²) in [6.45, 7) is 2.58. The lowest BCUT2D eigenvalue weighted by Crippen LogP contribution is -2.41. The Hall–Kier alpha value is -3.50. The zero-order valence-electron chi connectivity index (χ0n) is 17.1. The number of H-pyrrole nitrogens is 2. The molecule has 0 aliphatic carbocycles. The largest absolute Gasteiger partial charge is 0.480 e. The van der Waals surface area contributed by atoms with E-state index in [9.17, 15) is 14.7 Å². The van der Waals surface area contributed by atoms with Gasteiger partial charge in [-0.2, -0.15) is 0 Å². The van der Waals surface area contributed by atoms with Crippen molar-refractivity contribution in [2.45, 2.75) is 38.5 Å². The number of aliphatic carboxylic acids is 1. The van der Waals surface area contributed by atoms with Crippen LogP contribution in [0.15, 0.2) is 49.3 Å². The summed E-state index contributed by atoms with van der Waals surface area (Å²) in [4.78, 5) is 37.9. The number of nitrogens with zero attached hydrogens (tertiary/aromatic N) is 2. The number of carboxylic acid groups (broad SMARTS) is 1. The highest BCUT2D eigenvalue weighted by Crippen LogP contribution is 2.07. The van der Waals surface area contributed by atoms with E-state index < -0.39 is 17.9 Å². The molecule has 1 unspecified atom stereocenters. The first-order valence-electron chi connectivity index (χ1n) is 10.1. The van der Waals surface area contributed by atoms with Gasteiger partial charge in [-0.1, -0.05) is 12.1 Å². The summed E-state index contributed by atoms with van der Waals surface area (Å²) in [6, 6.07) is 6.17. The predicted octanol–water partition coefficient (Wildman–Crippen LogP) is 1.18. The molecule has 0 bridgehead atoms. The van der Waals surface area contributed by atoms with Crippen molar-refractivity contribution >= 4 is 11.9 Å². The van der Waals surface area contributed by atoms with E-state index in [1.54, 1.807) is 37.2 Å². The van der Waals surface area contributed by atoms with Crippen LogP contribution >= 0.6 is 0 Å². The number of amides is 1. The Morgan fingerprint density at radius 1 is 0.935 bits per heavy atom. The monoisotopic (exact) mass is 425 g/mol. The third-order valence-electron chi connectivity index (χ3n) is 4.74. The molecule has 6 N–H and O–H groups in total. The number of benzene rings is 1. The molecule has 1 amide bonds. The molecule has 3 aromatic rings. The van der Waals surface area contributed by atoms with Crippen molar-refractivity contribution in [1.29, 1.82) is 0 Å². The van der Waals surface area contributed by atoms with Gasteiger partial charge in [0.05, 0.1) is 12.7 Å². The Kier molecular flexibility index (Phi) is 8.32. The Bertz CT molecular complexity index is 925. The van der Waals surface area contributed by atoms with Gasteiger partial charge in [0.15, 0.2) is 0 Å². The average Bonchev–Trinajstić information content (AvgIpc) is 3.47. The van der Waals surface area contributed by atoms with Crippen molar-refractivity contribution in [3.63, 3.8) is 0 Å². The number of hydrogen-bond donors (Lipinski definition) is 6. The number of rotatable bonds is 13. The average molecular weight is 425 g/mol. The van der Waals surface area contributed by atoms with Crippen LogP contribution < -0.4 is 16.0 Å². The van der Waals surface area contributed by atoms with Gasteiger partial charge >= 0.3 is 5.97 Å². The number of carboxylic acids is 1. The lowest BCUT2D eigenvalue weighted by Gasteiger charge is -2.15. The summed E-state index contributed by atoms with van der Waals surface area (Å²) in [5, 5.41) is 18.5. The highest BCUT2D eigenvalue weighted by atomic mass is 16.4. The summed E-state index contributed by atoms with van der Waals surface area (Å²) in [6.07, 6.45) is 7.69. The van der Waals surface area contributed by atoms with Crippen LogP contribution in [-0.2, 0) is 24.4 Å². The van der Waals surface area contributed by atoms with Crippen LogP contribution in [0.25, 0.3) is 0 Å². The van der Waals surface area contributed by atoms with Crippen LogP contribution in [0.2, 0.25) is 0 Å². The van der Waals surface area contributed by atoms with Crippen molar-refractivity contribution in [3.05, 3.63) is 71.8 Å². The first-order valence-corrected chi connectivity index (χ1v) is 10.1. The van der Waals surface area contributed by atoms with Crippen molar-refractivity contribution < 1.29 is 14.7 Å². The van der Waals surface area contributed by atoms with Gasteiger partial charge in [0.2, 0.25) is 0 Å². The van der Waals surface area contributed by atoms with Crippen LogP contribution in [0.1, 0.15) is 40.2 Å². The fraction of sp³-hybridized carbons (Fsp3) is 0.333. The number of hydrogen-bond acceptors (Lipinski definition) is 6. The third-order valence-corrected chi connectivity index (χ3v) is 4.74. The van der Waals surface area contributed by atoms with Gasteiger partial charge < -0.3 is 31.0 Å². The molecule has 2 heterocycles. The van der Waals surface area contributed by atoms with Crippen molar-refractivity contribution in [2.75, 3.05) is 6.54 Å². The summed E-state index contributed by atoms with van der Waals surface area (Å²) in [5.41, 5.74) is 3.41. The predicted molar refractivity (Wildman–Crippen MR) is 114 cm³/mol. The first-order chi connectivity index (χ1) is 15.1. The van der Waals surface area contributed by atoms with Gasteiger partial charge in [0, 0.05) is 49.0 Å². The lowest BCUT2D eigenvalue weighted by molar-refractivity contribution is -0.139. The van der Waals surface area contributed by atoms with Gasteiger partial charge in [-0.15, -0.1) is 0 Å². The topological polar surface area (TPSA) is 148 Å². The van der Waals surface area contributed by atoms with Crippen molar-refractivity contribution in [1.82, 2.24) is 35.9 Å². The normalized spacial score (nSPS) is 11.9. The Balaban J connectivity index is 1.40. The van der Waals surface area contributed by atoms with E-state index in [0.29, 0.717) is 44.6 Å². The quantitative estimate of drug-likeness (QED) is 0.225. The van der Waals surface area contributed by atoms with Crippen LogP contribution in [0.3, 0.4) is 0 Å². The molecule has 2 aromatic heterocycles. The lowest BCUT2D eigenvalue weighted by atomic mass is 10.1. The first kappa shape index (κ1) is 22.2. The van der Waals surface area contributed by atoms with Gasteiger partial charge in [-0.3, -0.25) is 4.79 Å². The zero-order chi connectivity index (χ0) is 21.9. The molecule has 0 fully saturated rings. The number of nitrogens with one attached hydrogen (secondary N) is 5. The second-order valence-electron chi connectivity index (χ2n) is 7.14. The maximum atomic E-state index is 12.5. The molecule has 0 aliphatic heterocycles. The maximum absolute atomic E-state index is 12.5. The highest BCUT2D eigenvalue weighted by molar-refractivity contribution is 5.96. The Labute approximate surface area is 179 Å². The number of aromatic amines is 2. The van der Waals surface area contributed by atoms with Gasteiger partial charge in [-0.05, 0) is 37.1 Å². The second kappa shape index (κ2) is 11.6. The molecular formula is C21H27N7O3. The van der Waals surface area contributed by atoms with E-state index in [-0.39, 0.29) is 0 Å². The molecule has 164 valence electrons. The molecule has 3 rings (SSSR count). The molecule has 31 heavy (non-hydrogen) atoms. The summed E-state index contributed by atoms with van der Waals surface area (Å²) in [5.74, 6) is -1.43. The SMILES string of the molecule is O=C(NC(CCCNCc1cnc[nH]1)C(=O)O)c1ccc(CNCc2cnc[nH]2)cc1. The Morgan fingerprint density at radius 2 is 1.58 bits per heavy atom. The minimum absolute atomic E-state index is 0.340. The van der Waals surface area contributed by atoms with Gasteiger partial charge in [0.25, 0.3) is 5.91 Å². The van der Waals surface area contributed by atoms with E-state index >= 15 is 0 Å². The standard InChI is InChI=1S/C21H27N7O3/c29-20(16-5-3-15(4-6-16)8-23-10-18-12-25-14-27-18)28-19(21(30)31)2-1-7-22-9-17-11-24-13-26-17/h3-6,11-14,19,22-23H,1-2,7-10H2,(H,24,26)(H,25,27)(H,28,29)(H,30,31). The molecule has 0 radical (unpaired) electrons.